The van der Waals surface area contributed by atoms with E-state index in [0.29, 0.717) is 16.8 Å². The first-order valence-electron chi connectivity index (χ1n) is 7.80. The van der Waals surface area contributed by atoms with Crippen LogP contribution in [0.25, 0.3) is 22.4 Å². The summed E-state index contributed by atoms with van der Waals surface area (Å²) in [5.41, 5.74) is 2.42. The van der Waals surface area contributed by atoms with Crippen molar-refractivity contribution in [2.24, 2.45) is 0 Å². The van der Waals surface area contributed by atoms with E-state index < -0.39 is 15.9 Å². The number of aromatic nitrogens is 2. The van der Waals surface area contributed by atoms with Crippen LogP contribution in [0.5, 0.6) is 0 Å². The Labute approximate surface area is 144 Å². The van der Waals surface area contributed by atoms with Gasteiger partial charge in [0, 0.05) is 11.5 Å². The number of pyridine rings is 1. The van der Waals surface area contributed by atoms with Crippen molar-refractivity contribution in [3.05, 3.63) is 47.7 Å². The number of benzene rings is 1. The van der Waals surface area contributed by atoms with Crippen LogP contribution >= 0.6 is 0 Å². The minimum atomic E-state index is -3.69. The Morgan fingerprint density at radius 1 is 1.24 bits per heavy atom. The maximum absolute atomic E-state index is 12.6. The molecule has 25 heavy (non-hydrogen) atoms. The molecule has 2 heterocycles. The zero-order valence-electron chi connectivity index (χ0n) is 13.4. The lowest BCUT2D eigenvalue weighted by atomic mass is 10.0. The Kier molecular flexibility index (Phi) is 3.57. The van der Waals surface area contributed by atoms with E-state index in [9.17, 15) is 13.2 Å². The molecule has 0 spiro atoms. The van der Waals surface area contributed by atoms with Gasteiger partial charge in [-0.15, -0.1) is 0 Å². The van der Waals surface area contributed by atoms with E-state index in [1.165, 1.54) is 0 Å². The van der Waals surface area contributed by atoms with Gasteiger partial charge in [0.1, 0.15) is 0 Å². The Balaban J connectivity index is 1.92. The van der Waals surface area contributed by atoms with Gasteiger partial charge in [-0.05, 0) is 18.9 Å². The first-order chi connectivity index (χ1) is 11.9. The van der Waals surface area contributed by atoms with Crippen LogP contribution in [0.1, 0.15) is 34.8 Å². The average molecular weight is 357 g/mol. The SMILES string of the molecule is CS(=O)(=O)NC(=O)c1cc(-c2ccccc2)nc2onc(C3CC3)c12. The highest BCUT2D eigenvalue weighted by molar-refractivity contribution is 7.89. The molecule has 128 valence electrons. The summed E-state index contributed by atoms with van der Waals surface area (Å²) in [5.74, 6) is -0.479. The van der Waals surface area contributed by atoms with Gasteiger partial charge in [-0.25, -0.2) is 18.1 Å². The van der Waals surface area contributed by atoms with E-state index in [1.807, 2.05) is 35.1 Å². The highest BCUT2D eigenvalue weighted by Crippen LogP contribution is 2.43. The quantitative estimate of drug-likeness (QED) is 0.769. The molecule has 1 saturated carbocycles. The second-order valence-corrected chi connectivity index (χ2v) is 7.90. The molecule has 1 fully saturated rings. The normalized spacial score (nSPS) is 14.6. The molecule has 2 aromatic heterocycles. The zero-order chi connectivity index (χ0) is 17.6. The van der Waals surface area contributed by atoms with Crippen molar-refractivity contribution in [3.63, 3.8) is 0 Å². The number of carbonyl (C=O) groups excluding carboxylic acids is 1. The molecule has 1 aliphatic carbocycles. The Morgan fingerprint density at radius 2 is 1.96 bits per heavy atom. The number of carbonyl (C=O) groups is 1. The summed E-state index contributed by atoms with van der Waals surface area (Å²) in [4.78, 5) is 17.0. The minimum Gasteiger partial charge on any atom is -0.335 e. The van der Waals surface area contributed by atoms with Crippen molar-refractivity contribution >= 4 is 27.0 Å². The van der Waals surface area contributed by atoms with E-state index in [1.54, 1.807) is 6.07 Å². The largest absolute Gasteiger partial charge is 0.335 e. The number of sulfonamides is 1. The standard InChI is InChI=1S/C17H15N3O4S/c1-25(22,23)20-16(21)12-9-13(10-5-3-2-4-6-10)18-17-14(12)15(19-24-17)11-7-8-11/h2-6,9,11H,7-8H2,1H3,(H,20,21). The van der Waals surface area contributed by atoms with Crippen molar-refractivity contribution in [1.82, 2.24) is 14.9 Å². The van der Waals surface area contributed by atoms with Gasteiger partial charge in [0.25, 0.3) is 11.6 Å². The Bertz CT molecular complexity index is 1070. The lowest BCUT2D eigenvalue weighted by Crippen LogP contribution is -2.29. The predicted molar refractivity (Wildman–Crippen MR) is 91.5 cm³/mol. The molecule has 8 heteroatoms. The third kappa shape index (κ3) is 3.12. The number of nitrogens with one attached hydrogen (secondary N) is 1. The molecule has 7 nitrogen and oxygen atoms in total. The fourth-order valence-corrected chi connectivity index (χ4v) is 3.21. The van der Waals surface area contributed by atoms with Gasteiger partial charge < -0.3 is 4.52 Å². The molecule has 1 aromatic carbocycles. The molecule has 0 radical (unpaired) electrons. The molecule has 3 aromatic rings. The van der Waals surface area contributed by atoms with E-state index >= 15 is 0 Å². The highest BCUT2D eigenvalue weighted by Gasteiger charge is 2.32. The number of hydrogen-bond acceptors (Lipinski definition) is 6. The van der Waals surface area contributed by atoms with Crippen LogP contribution in [-0.2, 0) is 10.0 Å². The summed E-state index contributed by atoms with van der Waals surface area (Å²) in [6.45, 7) is 0. The van der Waals surface area contributed by atoms with Crippen molar-refractivity contribution in [2.75, 3.05) is 6.26 Å². The van der Waals surface area contributed by atoms with Crippen LogP contribution in [0.15, 0.2) is 40.9 Å². The molecular weight excluding hydrogens is 342 g/mol. The first-order valence-corrected chi connectivity index (χ1v) is 9.69. The van der Waals surface area contributed by atoms with Crippen LogP contribution < -0.4 is 4.72 Å². The molecule has 1 aliphatic rings. The predicted octanol–water partition coefficient (Wildman–Crippen LogP) is 2.46. The number of hydrogen-bond donors (Lipinski definition) is 1. The first kappa shape index (κ1) is 15.8. The van der Waals surface area contributed by atoms with Gasteiger partial charge in [-0.1, -0.05) is 35.5 Å². The lowest BCUT2D eigenvalue weighted by molar-refractivity contribution is 0.0983. The number of nitrogens with zero attached hydrogens (tertiary/aromatic N) is 2. The van der Waals surface area contributed by atoms with Crippen LogP contribution in [0.4, 0.5) is 0 Å². The van der Waals surface area contributed by atoms with Gasteiger partial charge in [0.2, 0.25) is 10.0 Å². The summed E-state index contributed by atoms with van der Waals surface area (Å²) in [7, 11) is -3.69. The van der Waals surface area contributed by atoms with Crippen molar-refractivity contribution in [1.29, 1.82) is 0 Å². The van der Waals surface area contributed by atoms with Gasteiger partial charge in [0.05, 0.1) is 28.6 Å². The van der Waals surface area contributed by atoms with Crippen LogP contribution in [0, 0.1) is 0 Å². The van der Waals surface area contributed by atoms with Gasteiger partial charge in [0.15, 0.2) is 0 Å². The smallest absolute Gasteiger partial charge is 0.265 e. The molecule has 0 atom stereocenters. The topological polar surface area (TPSA) is 102 Å². The van der Waals surface area contributed by atoms with E-state index in [4.69, 9.17) is 4.52 Å². The highest BCUT2D eigenvalue weighted by atomic mass is 32.2. The lowest BCUT2D eigenvalue weighted by Gasteiger charge is -2.07. The molecule has 0 saturated heterocycles. The summed E-state index contributed by atoms with van der Waals surface area (Å²) in [6, 6.07) is 10.9. The second kappa shape index (κ2) is 5.66. The van der Waals surface area contributed by atoms with Gasteiger partial charge >= 0.3 is 0 Å². The van der Waals surface area contributed by atoms with Crippen molar-refractivity contribution < 1.29 is 17.7 Å². The van der Waals surface area contributed by atoms with Crippen molar-refractivity contribution in [2.45, 2.75) is 18.8 Å². The molecule has 1 N–H and O–H groups in total. The summed E-state index contributed by atoms with van der Waals surface area (Å²) in [5, 5.41) is 4.55. The number of rotatable bonds is 4. The maximum Gasteiger partial charge on any atom is 0.265 e. The fourth-order valence-electron chi connectivity index (χ4n) is 2.77. The summed E-state index contributed by atoms with van der Waals surface area (Å²) in [6.07, 6.45) is 2.88. The molecular formula is C17H15N3O4S. The zero-order valence-corrected chi connectivity index (χ0v) is 14.2. The van der Waals surface area contributed by atoms with Crippen LogP contribution in [0.3, 0.4) is 0 Å². The fraction of sp³-hybridized carbons (Fsp3) is 0.235. The summed E-state index contributed by atoms with van der Waals surface area (Å²) >= 11 is 0. The van der Waals surface area contributed by atoms with Gasteiger partial charge in [-0.3, -0.25) is 4.79 Å². The Morgan fingerprint density at radius 3 is 2.60 bits per heavy atom. The number of fused-ring (bicyclic) bond motifs is 1. The Hall–Kier alpha value is -2.74. The number of amides is 1. The third-order valence-electron chi connectivity index (χ3n) is 4.03. The molecule has 1 amide bonds. The maximum atomic E-state index is 12.6. The van der Waals surface area contributed by atoms with E-state index in [0.717, 1.165) is 24.7 Å². The molecule has 0 unspecified atom stereocenters. The molecule has 0 bridgehead atoms. The van der Waals surface area contributed by atoms with E-state index in [2.05, 4.69) is 10.1 Å². The average Bonchev–Trinajstić information content (AvgIpc) is 3.32. The van der Waals surface area contributed by atoms with Crippen LogP contribution in [0.2, 0.25) is 0 Å². The second-order valence-electron chi connectivity index (χ2n) is 6.15. The third-order valence-corrected chi connectivity index (χ3v) is 4.59. The minimum absolute atomic E-state index is 0.206. The van der Waals surface area contributed by atoms with Gasteiger partial charge in [-0.2, -0.15) is 0 Å². The molecule has 4 rings (SSSR count). The molecule has 0 aliphatic heterocycles. The monoisotopic (exact) mass is 357 g/mol. The summed E-state index contributed by atoms with van der Waals surface area (Å²) < 4.78 is 30.3. The van der Waals surface area contributed by atoms with Crippen LogP contribution in [-0.4, -0.2) is 30.7 Å². The van der Waals surface area contributed by atoms with Crippen molar-refractivity contribution in [3.8, 4) is 11.3 Å². The van der Waals surface area contributed by atoms with E-state index in [-0.39, 0.29) is 17.2 Å².